The van der Waals surface area contributed by atoms with Gasteiger partial charge < -0.3 is 0 Å². The summed E-state index contributed by atoms with van der Waals surface area (Å²) >= 11 is 0. The Morgan fingerprint density at radius 1 is 1.27 bits per heavy atom. The minimum absolute atomic E-state index is 0.203. The summed E-state index contributed by atoms with van der Waals surface area (Å²) in [7, 11) is -3.40. The van der Waals surface area contributed by atoms with Gasteiger partial charge in [0.1, 0.15) is 11.1 Å². The molecule has 0 radical (unpaired) electrons. The highest BCUT2D eigenvalue weighted by Gasteiger charge is 2.24. The first kappa shape index (κ1) is 11.8. The summed E-state index contributed by atoms with van der Waals surface area (Å²) in [4.78, 5) is 11.6. The Hall–Kier alpha value is -1.23. The summed E-state index contributed by atoms with van der Waals surface area (Å²) in [5.41, 5.74) is 0.203. The van der Waals surface area contributed by atoms with Gasteiger partial charge in [0, 0.05) is 11.8 Å². The maximum atomic E-state index is 12.6. The van der Waals surface area contributed by atoms with Crippen LogP contribution in [0.2, 0.25) is 0 Å². The van der Waals surface area contributed by atoms with Crippen LogP contribution in [0.4, 0.5) is 4.39 Å². The van der Waals surface area contributed by atoms with Crippen molar-refractivity contribution in [2.24, 2.45) is 0 Å². The second-order valence-electron chi connectivity index (χ2n) is 3.34. The minimum atomic E-state index is -3.40. The zero-order chi connectivity index (χ0) is 11.6. The van der Waals surface area contributed by atoms with E-state index in [0.29, 0.717) is 0 Å². The van der Waals surface area contributed by atoms with Crippen molar-refractivity contribution in [2.75, 3.05) is 6.26 Å². The number of carbonyl (C=O) groups is 1. The van der Waals surface area contributed by atoms with E-state index in [2.05, 4.69) is 0 Å². The van der Waals surface area contributed by atoms with Gasteiger partial charge in [-0.2, -0.15) is 0 Å². The number of hydrogen-bond donors (Lipinski definition) is 0. The van der Waals surface area contributed by atoms with Crippen molar-refractivity contribution in [3.8, 4) is 0 Å². The highest BCUT2D eigenvalue weighted by molar-refractivity contribution is 7.92. The van der Waals surface area contributed by atoms with Gasteiger partial charge in [0.2, 0.25) is 0 Å². The highest BCUT2D eigenvalue weighted by Crippen LogP contribution is 2.10. The fourth-order valence-electron chi connectivity index (χ4n) is 1.04. The first-order chi connectivity index (χ1) is 6.82. The Kier molecular flexibility index (Phi) is 3.24. The fourth-order valence-corrected chi connectivity index (χ4v) is 1.57. The molecule has 0 saturated carbocycles. The Morgan fingerprint density at radius 3 is 2.13 bits per heavy atom. The predicted molar refractivity (Wildman–Crippen MR) is 55.0 cm³/mol. The number of benzene rings is 1. The first-order valence-electron chi connectivity index (χ1n) is 4.31. The number of halogens is 1. The van der Waals surface area contributed by atoms with Crippen molar-refractivity contribution in [3.05, 3.63) is 35.6 Å². The van der Waals surface area contributed by atoms with E-state index in [-0.39, 0.29) is 5.56 Å². The van der Waals surface area contributed by atoms with Crippen molar-refractivity contribution >= 4 is 15.6 Å². The quantitative estimate of drug-likeness (QED) is 0.738. The maximum absolute atomic E-state index is 12.6. The van der Waals surface area contributed by atoms with Crippen LogP contribution in [0.25, 0.3) is 0 Å². The van der Waals surface area contributed by atoms with E-state index in [1.165, 1.54) is 19.1 Å². The lowest BCUT2D eigenvalue weighted by molar-refractivity contribution is 0.0991. The van der Waals surface area contributed by atoms with Crippen molar-refractivity contribution in [1.82, 2.24) is 0 Å². The van der Waals surface area contributed by atoms with Gasteiger partial charge in [-0.3, -0.25) is 4.79 Å². The molecule has 5 heteroatoms. The molecule has 1 atom stereocenters. The Balaban J connectivity index is 3.01. The van der Waals surface area contributed by atoms with Gasteiger partial charge in [0.25, 0.3) is 0 Å². The van der Waals surface area contributed by atoms with E-state index in [0.717, 1.165) is 18.4 Å². The number of hydrogen-bond acceptors (Lipinski definition) is 3. The molecule has 15 heavy (non-hydrogen) atoms. The molecule has 0 aliphatic rings. The molecule has 0 fully saturated rings. The third-order valence-corrected chi connectivity index (χ3v) is 3.64. The molecule has 1 rings (SSSR count). The summed E-state index contributed by atoms with van der Waals surface area (Å²) in [6.45, 7) is 1.32. The summed E-state index contributed by atoms with van der Waals surface area (Å²) in [5, 5.41) is -1.09. The minimum Gasteiger partial charge on any atom is -0.293 e. The van der Waals surface area contributed by atoms with E-state index in [1.807, 2.05) is 0 Å². The lowest BCUT2D eigenvalue weighted by atomic mass is 10.1. The fraction of sp³-hybridized carbons (Fsp3) is 0.300. The van der Waals surface area contributed by atoms with Gasteiger partial charge in [-0.1, -0.05) is 0 Å². The van der Waals surface area contributed by atoms with E-state index >= 15 is 0 Å². The zero-order valence-corrected chi connectivity index (χ0v) is 9.21. The van der Waals surface area contributed by atoms with Crippen LogP contribution in [0.1, 0.15) is 17.3 Å². The molecule has 0 N–H and O–H groups in total. The average Bonchev–Trinajstić information content (AvgIpc) is 2.15. The molecular formula is C10H11FO3S. The lowest BCUT2D eigenvalue weighted by Crippen LogP contribution is -2.26. The Bertz CT molecular complexity index is 462. The van der Waals surface area contributed by atoms with Crippen LogP contribution in [-0.4, -0.2) is 25.7 Å². The second-order valence-corrected chi connectivity index (χ2v) is 5.71. The normalized spacial score (nSPS) is 13.5. The summed E-state index contributed by atoms with van der Waals surface area (Å²) in [6, 6.07) is 4.81. The standard InChI is InChI=1S/C10H11FO3S/c1-7(15(2,13)14)10(12)8-3-5-9(11)6-4-8/h3-7H,1-2H3/t7-/m1/s1. The molecule has 1 aromatic carbocycles. The van der Waals surface area contributed by atoms with Crippen LogP contribution in [0, 0.1) is 5.82 Å². The van der Waals surface area contributed by atoms with Gasteiger partial charge in [-0.15, -0.1) is 0 Å². The number of carbonyl (C=O) groups excluding carboxylic acids is 1. The molecule has 1 aromatic rings. The molecule has 0 unspecified atom stereocenters. The topological polar surface area (TPSA) is 51.2 Å². The molecule has 3 nitrogen and oxygen atoms in total. The number of rotatable bonds is 3. The van der Waals surface area contributed by atoms with Crippen molar-refractivity contribution in [1.29, 1.82) is 0 Å². The third-order valence-electron chi connectivity index (χ3n) is 2.14. The smallest absolute Gasteiger partial charge is 0.180 e. The monoisotopic (exact) mass is 230 g/mol. The van der Waals surface area contributed by atoms with Gasteiger partial charge in [0.05, 0.1) is 0 Å². The van der Waals surface area contributed by atoms with Crippen LogP contribution in [0.3, 0.4) is 0 Å². The molecule has 0 amide bonds. The van der Waals surface area contributed by atoms with Crippen LogP contribution in [0.5, 0.6) is 0 Å². The molecule has 0 aliphatic carbocycles. The molecule has 0 spiro atoms. The summed E-state index contributed by atoms with van der Waals surface area (Å²) in [5.74, 6) is -0.976. The van der Waals surface area contributed by atoms with Crippen LogP contribution in [-0.2, 0) is 9.84 Å². The van der Waals surface area contributed by atoms with Crippen LogP contribution >= 0.6 is 0 Å². The number of ketones is 1. The Labute approximate surface area is 87.8 Å². The van der Waals surface area contributed by atoms with Crippen LogP contribution in [0.15, 0.2) is 24.3 Å². The average molecular weight is 230 g/mol. The molecule has 82 valence electrons. The Morgan fingerprint density at radius 2 is 1.73 bits per heavy atom. The summed E-state index contributed by atoms with van der Waals surface area (Å²) < 4.78 is 34.8. The van der Waals surface area contributed by atoms with Gasteiger partial charge in [-0.05, 0) is 31.2 Å². The van der Waals surface area contributed by atoms with E-state index < -0.39 is 26.7 Å². The molecular weight excluding hydrogens is 219 g/mol. The zero-order valence-electron chi connectivity index (χ0n) is 8.40. The maximum Gasteiger partial charge on any atom is 0.180 e. The van der Waals surface area contributed by atoms with E-state index in [1.54, 1.807) is 0 Å². The molecule has 0 bridgehead atoms. The third kappa shape index (κ3) is 2.86. The number of Topliss-reactive ketones (excluding diaryl/α,β-unsaturated/α-hetero) is 1. The highest BCUT2D eigenvalue weighted by atomic mass is 32.2. The van der Waals surface area contributed by atoms with Gasteiger partial charge >= 0.3 is 0 Å². The van der Waals surface area contributed by atoms with Crippen molar-refractivity contribution in [3.63, 3.8) is 0 Å². The molecule has 0 heterocycles. The van der Waals surface area contributed by atoms with Crippen LogP contribution < -0.4 is 0 Å². The van der Waals surface area contributed by atoms with E-state index in [4.69, 9.17) is 0 Å². The molecule has 0 aromatic heterocycles. The SMILES string of the molecule is C[C@H](C(=O)c1ccc(F)cc1)S(C)(=O)=O. The van der Waals surface area contributed by atoms with Gasteiger partial charge in [0.15, 0.2) is 15.6 Å². The van der Waals surface area contributed by atoms with Crippen molar-refractivity contribution < 1.29 is 17.6 Å². The largest absolute Gasteiger partial charge is 0.293 e. The van der Waals surface area contributed by atoms with Crippen molar-refractivity contribution in [2.45, 2.75) is 12.2 Å². The van der Waals surface area contributed by atoms with E-state index in [9.17, 15) is 17.6 Å². The predicted octanol–water partition coefficient (Wildman–Crippen LogP) is 1.44. The second kappa shape index (κ2) is 4.10. The lowest BCUT2D eigenvalue weighted by Gasteiger charge is -2.07. The summed E-state index contributed by atoms with van der Waals surface area (Å²) in [6.07, 6.45) is 0.999. The molecule has 0 saturated heterocycles. The molecule has 0 aliphatic heterocycles. The number of sulfone groups is 1. The first-order valence-corrected chi connectivity index (χ1v) is 6.26. The van der Waals surface area contributed by atoms with Gasteiger partial charge in [-0.25, -0.2) is 12.8 Å².